The molecule has 0 saturated carbocycles. The highest BCUT2D eigenvalue weighted by molar-refractivity contribution is 6.74. The van der Waals surface area contributed by atoms with Crippen LogP contribution in [-0.4, -0.2) is 69.1 Å². The summed E-state index contributed by atoms with van der Waals surface area (Å²) in [5.41, 5.74) is 1.64. The fourth-order valence-corrected chi connectivity index (χ4v) is 11.7. The van der Waals surface area contributed by atoms with E-state index < -0.39 is 40.2 Å². The van der Waals surface area contributed by atoms with Gasteiger partial charge in [0.1, 0.15) is 17.8 Å². The minimum atomic E-state index is -1.93. The molecule has 0 aromatic rings. The highest BCUT2D eigenvalue weighted by Gasteiger charge is 2.38. The van der Waals surface area contributed by atoms with Crippen molar-refractivity contribution >= 4 is 28.4 Å². The first kappa shape index (κ1) is 47.4. The van der Waals surface area contributed by atoms with Gasteiger partial charge in [-0.05, 0) is 90.1 Å². The molecule has 0 aliphatic rings. The molecule has 0 aromatic carbocycles. The first-order chi connectivity index (χ1) is 22.9. The molecule has 0 aromatic heterocycles. The van der Waals surface area contributed by atoms with Crippen LogP contribution in [0.1, 0.15) is 116 Å². The van der Waals surface area contributed by atoms with Gasteiger partial charge in [0.2, 0.25) is 0 Å². The zero-order valence-corrected chi connectivity index (χ0v) is 35.6. The van der Waals surface area contributed by atoms with Crippen LogP contribution < -0.4 is 0 Å². The normalized spacial score (nSPS) is 17.0. The fourth-order valence-electron chi connectivity index (χ4n) is 5.99. The smallest absolute Gasteiger partial charge is 0.313 e. The van der Waals surface area contributed by atoms with Crippen LogP contribution in [0.4, 0.5) is 0 Å². The lowest BCUT2D eigenvalue weighted by atomic mass is 9.93. The molecule has 0 saturated heterocycles. The molecule has 9 heteroatoms. The number of Topliss-reactive ketones (excluding diaryl/α,β-unsaturated/α-hetero) is 1. The lowest BCUT2D eigenvalue weighted by molar-refractivity contribution is -0.157. The third-order valence-electron chi connectivity index (χ3n) is 10.2. The second kappa shape index (κ2) is 23.8. The molecule has 0 heterocycles. The lowest BCUT2D eigenvalue weighted by Gasteiger charge is -2.40. The van der Waals surface area contributed by atoms with E-state index in [9.17, 15) is 19.8 Å². The van der Waals surface area contributed by atoms with Crippen LogP contribution in [0.3, 0.4) is 0 Å². The van der Waals surface area contributed by atoms with Gasteiger partial charge in [-0.25, -0.2) is 0 Å². The van der Waals surface area contributed by atoms with E-state index in [1.54, 1.807) is 27.7 Å². The van der Waals surface area contributed by atoms with Crippen LogP contribution in [-0.2, 0) is 23.2 Å². The van der Waals surface area contributed by atoms with E-state index >= 15 is 0 Å². The van der Waals surface area contributed by atoms with Gasteiger partial charge < -0.3 is 23.8 Å². The maximum absolute atomic E-state index is 12.5. The van der Waals surface area contributed by atoms with Gasteiger partial charge in [-0.2, -0.15) is 0 Å². The Balaban J connectivity index is 5.78. The summed E-state index contributed by atoms with van der Waals surface area (Å²) in [6, 6.07) is 6.39. The summed E-state index contributed by atoms with van der Waals surface area (Å²) in [6.07, 6.45) is 13.1. The van der Waals surface area contributed by atoms with Crippen LogP contribution in [0.25, 0.3) is 0 Å². The molecule has 0 amide bonds. The molecular formula is C40H74O7Si2. The second-order valence-electron chi connectivity index (χ2n) is 14.8. The average molecular weight is 723 g/mol. The first-order valence-corrected chi connectivity index (χ1v) is 24.0. The van der Waals surface area contributed by atoms with Crippen molar-refractivity contribution in [2.45, 2.75) is 176 Å². The summed E-state index contributed by atoms with van der Waals surface area (Å²) in [4.78, 5) is 24.6. The molecule has 7 nitrogen and oxygen atoms in total. The van der Waals surface area contributed by atoms with Crippen molar-refractivity contribution in [3.63, 3.8) is 0 Å². The van der Waals surface area contributed by atoms with Gasteiger partial charge in [-0.15, -0.1) is 0 Å². The topological polar surface area (TPSA) is 102 Å². The number of carbonyl (C=O) groups excluding carboxylic acids is 2. The highest BCUT2D eigenvalue weighted by Crippen LogP contribution is 2.32. The number of esters is 1. The first-order valence-electron chi connectivity index (χ1n) is 19.0. The van der Waals surface area contributed by atoms with Gasteiger partial charge in [0.15, 0.2) is 16.6 Å². The van der Waals surface area contributed by atoms with Gasteiger partial charge in [0.25, 0.3) is 0 Å². The largest absolute Gasteiger partial charge is 0.460 e. The maximum Gasteiger partial charge on any atom is 0.313 e. The number of rotatable bonds is 25. The molecule has 2 N–H and O–H groups in total. The predicted molar refractivity (Wildman–Crippen MR) is 211 cm³/mol. The number of aliphatic hydroxyl groups excluding tert-OH is 2. The number of hydrogen-bond donors (Lipinski definition) is 2. The SMILES string of the molecule is CC[Si](CC)(CC)O[C@@H](/C=C/C(C)=C/C/C=C(\C)CC[C@@H](O)[C@H](C)C(=O)CC(=O)OC(C)(C)C)[C@@H](C)[C@@H](/C=C/CO)O[Si](CC)(CC)CC. The minimum Gasteiger partial charge on any atom is -0.460 e. The molecule has 0 aliphatic heterocycles. The van der Waals surface area contributed by atoms with Crippen molar-refractivity contribution < 1.29 is 33.4 Å². The molecule has 0 aliphatic carbocycles. The van der Waals surface area contributed by atoms with E-state index in [0.29, 0.717) is 12.8 Å². The Morgan fingerprint density at radius 3 is 1.73 bits per heavy atom. The Morgan fingerprint density at radius 1 is 0.796 bits per heavy atom. The van der Waals surface area contributed by atoms with E-state index in [1.807, 2.05) is 13.0 Å². The Bertz CT molecular complexity index is 1060. The maximum atomic E-state index is 12.5. The van der Waals surface area contributed by atoms with E-state index in [4.69, 9.17) is 13.6 Å². The molecule has 284 valence electrons. The summed E-state index contributed by atoms with van der Waals surface area (Å²) in [6.45, 7) is 26.9. The third-order valence-corrected chi connectivity index (χ3v) is 19.5. The van der Waals surface area contributed by atoms with Crippen LogP contribution in [0.15, 0.2) is 47.6 Å². The molecule has 49 heavy (non-hydrogen) atoms. The predicted octanol–water partition coefficient (Wildman–Crippen LogP) is 9.87. The van der Waals surface area contributed by atoms with Crippen molar-refractivity contribution in [2.75, 3.05) is 6.61 Å². The number of carbonyl (C=O) groups is 2. The number of aliphatic hydroxyl groups is 2. The van der Waals surface area contributed by atoms with E-state index in [1.165, 1.54) is 0 Å². The Kier molecular flexibility index (Phi) is 23.0. The van der Waals surface area contributed by atoms with Crippen LogP contribution >= 0.6 is 0 Å². The fraction of sp³-hybridized carbons (Fsp3) is 0.750. The van der Waals surface area contributed by atoms with Crippen LogP contribution in [0.2, 0.25) is 36.3 Å². The van der Waals surface area contributed by atoms with E-state index in [-0.39, 0.29) is 36.9 Å². The van der Waals surface area contributed by atoms with Gasteiger partial charge in [0, 0.05) is 11.8 Å². The number of hydrogen-bond acceptors (Lipinski definition) is 7. The summed E-state index contributed by atoms with van der Waals surface area (Å²) in [5.74, 6) is -1.41. The van der Waals surface area contributed by atoms with Crippen molar-refractivity contribution in [1.29, 1.82) is 0 Å². The Labute approximate surface area is 302 Å². The number of ketones is 1. The van der Waals surface area contributed by atoms with Crippen LogP contribution in [0.5, 0.6) is 0 Å². The highest BCUT2D eigenvalue weighted by atomic mass is 28.4. The summed E-state index contributed by atoms with van der Waals surface area (Å²) in [5, 5.41) is 20.3. The molecule has 5 atom stereocenters. The second-order valence-corrected chi connectivity index (χ2v) is 24.3. The molecule has 0 fully saturated rings. The van der Waals surface area contributed by atoms with E-state index in [2.05, 4.69) is 85.8 Å². The van der Waals surface area contributed by atoms with Gasteiger partial charge in [0.05, 0.1) is 24.9 Å². The van der Waals surface area contributed by atoms with Gasteiger partial charge >= 0.3 is 5.97 Å². The Morgan fingerprint density at radius 2 is 1.29 bits per heavy atom. The van der Waals surface area contributed by atoms with Crippen molar-refractivity contribution in [2.24, 2.45) is 11.8 Å². The average Bonchev–Trinajstić information content (AvgIpc) is 3.06. The standard InChI is InChI=1S/C40H74O7Si2/c1-14-48(15-2,16-3)46-37(24-21-29-41)34(10)38(47-49(17-4,18-5)19-6)28-26-32(8)23-20-22-31(7)25-27-35(42)33(9)36(43)30-39(44)45-40(11,12)13/h21-24,26,28,33-35,37-38,41-42H,14-20,25,27,29-30H2,1-13H3/b24-21+,28-26+,31-22+,32-23+/t33-,34-,35+,37+,38-/m0/s1. The monoisotopic (exact) mass is 722 g/mol. The van der Waals surface area contributed by atoms with Crippen molar-refractivity contribution in [3.05, 3.63) is 47.6 Å². The summed E-state index contributed by atoms with van der Waals surface area (Å²) < 4.78 is 19.4. The minimum absolute atomic E-state index is 0.0105. The molecule has 0 unspecified atom stereocenters. The molecule has 0 rings (SSSR count). The summed E-state index contributed by atoms with van der Waals surface area (Å²) >= 11 is 0. The van der Waals surface area contributed by atoms with Crippen LogP contribution in [0, 0.1) is 11.8 Å². The van der Waals surface area contributed by atoms with Gasteiger partial charge in [-0.3, -0.25) is 9.59 Å². The summed E-state index contributed by atoms with van der Waals surface area (Å²) in [7, 11) is -3.84. The van der Waals surface area contributed by atoms with Crippen molar-refractivity contribution in [1.82, 2.24) is 0 Å². The Hall–Kier alpha value is -1.63. The third kappa shape index (κ3) is 17.9. The molecular weight excluding hydrogens is 649 g/mol. The lowest BCUT2D eigenvalue weighted by Crippen LogP contribution is -2.47. The zero-order valence-electron chi connectivity index (χ0n) is 33.6. The molecule has 0 spiro atoms. The number of allylic oxidation sites excluding steroid dienone is 5. The zero-order chi connectivity index (χ0) is 37.8. The molecule has 0 bridgehead atoms. The number of ether oxygens (including phenoxy) is 1. The van der Waals surface area contributed by atoms with Gasteiger partial charge in [-0.1, -0.05) is 103 Å². The molecule has 0 radical (unpaired) electrons. The van der Waals surface area contributed by atoms with Crippen molar-refractivity contribution in [3.8, 4) is 0 Å². The quantitative estimate of drug-likeness (QED) is 0.0318. The van der Waals surface area contributed by atoms with E-state index in [0.717, 1.165) is 53.8 Å².